The first kappa shape index (κ1) is 15.4. The van der Waals surface area contributed by atoms with Gasteiger partial charge in [-0.2, -0.15) is 0 Å². The van der Waals surface area contributed by atoms with Crippen molar-refractivity contribution in [2.45, 2.75) is 51.5 Å². The molecule has 1 atom stereocenters. The number of aliphatic carboxylic acids is 1. The van der Waals surface area contributed by atoms with Crippen LogP contribution in [-0.2, 0) is 4.79 Å². The second kappa shape index (κ2) is 7.10. The molecule has 0 spiro atoms. The molecule has 0 bridgehead atoms. The summed E-state index contributed by atoms with van der Waals surface area (Å²) in [5.41, 5.74) is -0.672. The number of hydrogen-bond donors (Lipinski definition) is 1. The van der Waals surface area contributed by atoms with Crippen molar-refractivity contribution in [3.63, 3.8) is 0 Å². The molecule has 1 aliphatic rings. The second-order valence-electron chi connectivity index (χ2n) is 5.68. The van der Waals surface area contributed by atoms with Crippen LogP contribution in [0.3, 0.4) is 0 Å². The maximum atomic E-state index is 11.6. The third kappa shape index (κ3) is 3.95. The predicted octanol–water partition coefficient (Wildman–Crippen LogP) is 2.05. The third-order valence-corrected chi connectivity index (χ3v) is 4.18. The van der Waals surface area contributed by atoms with Crippen molar-refractivity contribution < 1.29 is 9.90 Å². The minimum atomic E-state index is -0.672. The molecule has 1 rings (SSSR count). The van der Waals surface area contributed by atoms with Gasteiger partial charge >= 0.3 is 5.97 Å². The maximum absolute atomic E-state index is 11.6. The van der Waals surface area contributed by atoms with Gasteiger partial charge in [-0.1, -0.05) is 32.6 Å². The molecule has 0 aromatic carbocycles. The molecule has 1 heterocycles. The summed E-state index contributed by atoms with van der Waals surface area (Å²) in [6.07, 6.45) is 5.33. The molecule has 0 aromatic heterocycles. The molecule has 1 N–H and O–H groups in total. The van der Waals surface area contributed by atoms with E-state index in [1.807, 2.05) is 6.92 Å². The topological polar surface area (TPSA) is 43.8 Å². The Labute approximate surface area is 111 Å². The predicted molar refractivity (Wildman–Crippen MR) is 73.9 cm³/mol. The molecule has 0 radical (unpaired) electrons. The van der Waals surface area contributed by atoms with E-state index in [0.717, 1.165) is 45.4 Å². The van der Waals surface area contributed by atoms with Crippen molar-refractivity contribution >= 4 is 5.97 Å². The molecule has 1 unspecified atom stereocenters. The lowest BCUT2D eigenvalue weighted by Gasteiger charge is -2.42. The van der Waals surface area contributed by atoms with Crippen molar-refractivity contribution in [3.05, 3.63) is 0 Å². The molecule has 1 saturated heterocycles. The molecule has 106 valence electrons. The van der Waals surface area contributed by atoms with Gasteiger partial charge < -0.3 is 10.0 Å². The lowest BCUT2D eigenvalue weighted by Crippen LogP contribution is -2.58. The number of hydrogen-bond acceptors (Lipinski definition) is 3. The van der Waals surface area contributed by atoms with E-state index in [1.165, 1.54) is 12.8 Å². The first-order valence-corrected chi connectivity index (χ1v) is 7.17. The molecular formula is C14H28N2O2. The molecule has 0 aliphatic carbocycles. The summed E-state index contributed by atoms with van der Waals surface area (Å²) in [6, 6.07) is 0. The maximum Gasteiger partial charge on any atom is 0.323 e. The summed E-state index contributed by atoms with van der Waals surface area (Å²) < 4.78 is 0. The van der Waals surface area contributed by atoms with Crippen LogP contribution >= 0.6 is 0 Å². The Morgan fingerprint density at radius 2 is 1.78 bits per heavy atom. The third-order valence-electron chi connectivity index (χ3n) is 4.18. The Hall–Kier alpha value is -0.610. The Morgan fingerprint density at radius 3 is 2.28 bits per heavy atom. The van der Waals surface area contributed by atoms with Crippen LogP contribution in [0.25, 0.3) is 0 Å². The Kier molecular flexibility index (Phi) is 6.09. The zero-order chi connectivity index (χ0) is 13.6. The van der Waals surface area contributed by atoms with Gasteiger partial charge in [0.25, 0.3) is 0 Å². The number of carboxylic acids is 1. The Balaban J connectivity index is 2.53. The van der Waals surface area contributed by atoms with E-state index < -0.39 is 11.5 Å². The minimum Gasteiger partial charge on any atom is -0.480 e. The molecule has 4 nitrogen and oxygen atoms in total. The fraction of sp³-hybridized carbons (Fsp3) is 0.929. The molecule has 0 amide bonds. The number of rotatable bonds is 7. The largest absolute Gasteiger partial charge is 0.480 e. The quantitative estimate of drug-likeness (QED) is 0.708. The highest BCUT2D eigenvalue weighted by Crippen LogP contribution is 2.24. The van der Waals surface area contributed by atoms with Crippen molar-refractivity contribution in [1.82, 2.24) is 9.80 Å². The summed E-state index contributed by atoms with van der Waals surface area (Å²) in [5.74, 6) is -0.663. The van der Waals surface area contributed by atoms with Crippen LogP contribution < -0.4 is 0 Å². The smallest absolute Gasteiger partial charge is 0.323 e. The van der Waals surface area contributed by atoms with Gasteiger partial charge in [0.2, 0.25) is 0 Å². The second-order valence-corrected chi connectivity index (χ2v) is 5.68. The Morgan fingerprint density at radius 1 is 1.17 bits per heavy atom. The van der Waals surface area contributed by atoms with E-state index >= 15 is 0 Å². The first-order chi connectivity index (χ1) is 8.50. The van der Waals surface area contributed by atoms with E-state index in [1.54, 1.807) is 0 Å². The highest BCUT2D eigenvalue weighted by molar-refractivity contribution is 5.78. The summed E-state index contributed by atoms with van der Waals surface area (Å²) in [5, 5.41) is 9.55. The van der Waals surface area contributed by atoms with Crippen molar-refractivity contribution in [2.75, 3.05) is 33.2 Å². The van der Waals surface area contributed by atoms with Gasteiger partial charge in [0, 0.05) is 26.2 Å². The van der Waals surface area contributed by atoms with Gasteiger partial charge in [0.1, 0.15) is 5.54 Å². The summed E-state index contributed by atoms with van der Waals surface area (Å²) in [4.78, 5) is 16.0. The van der Waals surface area contributed by atoms with E-state index in [9.17, 15) is 9.90 Å². The number of unbranched alkanes of at least 4 members (excludes halogenated alkanes) is 3. The zero-order valence-corrected chi connectivity index (χ0v) is 12.1. The normalized spacial score (nSPS) is 21.7. The van der Waals surface area contributed by atoms with Gasteiger partial charge in [0.15, 0.2) is 0 Å². The standard InChI is InChI=1S/C14H28N2O2/c1-4-5-6-7-8-14(2,13(17)18)16-11-9-15(3)10-12-16/h4-12H2,1-3H3,(H,17,18). The van der Waals surface area contributed by atoms with E-state index in [4.69, 9.17) is 0 Å². The van der Waals surface area contributed by atoms with Crippen molar-refractivity contribution in [3.8, 4) is 0 Å². The lowest BCUT2D eigenvalue weighted by atomic mass is 9.91. The summed E-state index contributed by atoms with van der Waals surface area (Å²) in [6.45, 7) is 7.75. The highest BCUT2D eigenvalue weighted by Gasteiger charge is 2.39. The van der Waals surface area contributed by atoms with Crippen LogP contribution in [0, 0.1) is 0 Å². The summed E-state index contributed by atoms with van der Waals surface area (Å²) in [7, 11) is 2.09. The van der Waals surface area contributed by atoms with Crippen LogP contribution in [0.15, 0.2) is 0 Å². The van der Waals surface area contributed by atoms with Crippen LogP contribution in [0.2, 0.25) is 0 Å². The molecule has 18 heavy (non-hydrogen) atoms. The van der Waals surface area contributed by atoms with Gasteiger partial charge in [-0.05, 0) is 20.4 Å². The highest BCUT2D eigenvalue weighted by atomic mass is 16.4. The number of carboxylic acid groups (broad SMARTS) is 1. The minimum absolute atomic E-state index is 0.663. The fourth-order valence-electron chi connectivity index (χ4n) is 2.60. The van der Waals surface area contributed by atoms with Gasteiger partial charge in [-0.3, -0.25) is 9.69 Å². The molecule has 0 saturated carbocycles. The van der Waals surface area contributed by atoms with Crippen LogP contribution in [0.5, 0.6) is 0 Å². The SMILES string of the molecule is CCCCCCC(C)(C(=O)O)N1CCN(C)CC1. The van der Waals surface area contributed by atoms with Crippen LogP contribution in [-0.4, -0.2) is 59.6 Å². The van der Waals surface area contributed by atoms with Gasteiger partial charge in [-0.25, -0.2) is 0 Å². The van der Waals surface area contributed by atoms with E-state index in [0.29, 0.717) is 0 Å². The number of carbonyl (C=O) groups is 1. The van der Waals surface area contributed by atoms with Crippen LogP contribution in [0.1, 0.15) is 46.0 Å². The van der Waals surface area contributed by atoms with Crippen molar-refractivity contribution in [2.24, 2.45) is 0 Å². The number of nitrogens with zero attached hydrogens (tertiary/aromatic N) is 2. The average Bonchev–Trinajstić information content (AvgIpc) is 2.35. The van der Waals surface area contributed by atoms with Gasteiger partial charge in [0.05, 0.1) is 0 Å². The van der Waals surface area contributed by atoms with Gasteiger partial charge in [-0.15, -0.1) is 0 Å². The number of likely N-dealkylation sites (N-methyl/N-ethyl adjacent to an activating group) is 1. The lowest BCUT2D eigenvalue weighted by molar-refractivity contribution is -0.152. The van der Waals surface area contributed by atoms with E-state index in [2.05, 4.69) is 23.8 Å². The molecule has 1 aliphatic heterocycles. The molecule has 1 fully saturated rings. The number of piperazine rings is 1. The first-order valence-electron chi connectivity index (χ1n) is 7.17. The fourth-order valence-corrected chi connectivity index (χ4v) is 2.60. The zero-order valence-electron chi connectivity index (χ0n) is 12.1. The Bertz CT molecular complexity index is 263. The van der Waals surface area contributed by atoms with Crippen LogP contribution in [0.4, 0.5) is 0 Å². The monoisotopic (exact) mass is 256 g/mol. The summed E-state index contributed by atoms with van der Waals surface area (Å²) >= 11 is 0. The average molecular weight is 256 g/mol. The molecule has 4 heteroatoms. The van der Waals surface area contributed by atoms with Crippen molar-refractivity contribution in [1.29, 1.82) is 0 Å². The molecular weight excluding hydrogens is 228 g/mol. The van der Waals surface area contributed by atoms with E-state index in [-0.39, 0.29) is 0 Å². The molecule has 0 aromatic rings.